The first-order valence-electron chi connectivity index (χ1n) is 11.1. The first-order valence-corrected chi connectivity index (χ1v) is 11.1. The van der Waals surface area contributed by atoms with E-state index in [0.717, 1.165) is 44.2 Å². The van der Waals surface area contributed by atoms with Crippen molar-refractivity contribution in [3.63, 3.8) is 0 Å². The molecular weight excluding hydrogens is 420 g/mol. The highest BCUT2D eigenvalue weighted by molar-refractivity contribution is 5.87. The largest absolute Gasteiger partial charge is 0.438 e. The summed E-state index contributed by atoms with van der Waals surface area (Å²) in [6.07, 6.45) is 3.54. The van der Waals surface area contributed by atoms with Crippen molar-refractivity contribution in [3.05, 3.63) is 122 Å². The van der Waals surface area contributed by atoms with Crippen molar-refractivity contribution >= 4 is 21.5 Å². The molecule has 4 heteroatoms. The molecule has 0 amide bonds. The molecule has 0 N–H and O–H groups in total. The molecule has 0 unspecified atom stereocenters. The van der Waals surface area contributed by atoms with Gasteiger partial charge in [-0.1, -0.05) is 60.7 Å². The monoisotopic (exact) mass is 440 g/mol. The maximum Gasteiger partial charge on any atom is 0.227 e. The van der Waals surface area contributed by atoms with Crippen molar-refractivity contribution in [2.24, 2.45) is 0 Å². The van der Waals surface area contributed by atoms with E-state index in [2.05, 4.69) is 34.2 Å². The number of fused-ring (bicyclic) bond motifs is 2. The zero-order valence-electron chi connectivity index (χ0n) is 18.3. The summed E-state index contributed by atoms with van der Waals surface area (Å²) >= 11 is 0. The molecule has 4 aromatic carbocycles. The summed E-state index contributed by atoms with van der Waals surface area (Å²) in [5.74, 6) is 2.63. The van der Waals surface area contributed by atoms with Crippen LogP contribution in [0, 0.1) is 0 Å². The van der Waals surface area contributed by atoms with Gasteiger partial charge < -0.3 is 9.47 Å². The summed E-state index contributed by atoms with van der Waals surface area (Å²) in [7, 11) is 0. The third-order valence-electron chi connectivity index (χ3n) is 5.70. The zero-order valence-corrected chi connectivity index (χ0v) is 18.3. The Hall–Kier alpha value is -4.70. The Balaban J connectivity index is 1.30. The third kappa shape index (κ3) is 3.93. The van der Waals surface area contributed by atoms with E-state index in [-0.39, 0.29) is 0 Å². The van der Waals surface area contributed by atoms with Gasteiger partial charge in [-0.2, -0.15) is 0 Å². The second kappa shape index (κ2) is 8.68. The molecule has 6 aromatic rings. The third-order valence-corrected chi connectivity index (χ3v) is 5.70. The summed E-state index contributed by atoms with van der Waals surface area (Å²) < 4.78 is 12.4. The lowest BCUT2D eigenvalue weighted by Gasteiger charge is -2.11. The van der Waals surface area contributed by atoms with Gasteiger partial charge in [0.05, 0.1) is 0 Å². The highest BCUT2D eigenvalue weighted by atomic mass is 16.5. The van der Waals surface area contributed by atoms with E-state index < -0.39 is 0 Å². The molecular formula is C30H20N2O2. The minimum atomic E-state index is 0.592. The van der Waals surface area contributed by atoms with E-state index in [1.807, 2.05) is 84.9 Å². The van der Waals surface area contributed by atoms with Gasteiger partial charge in [0, 0.05) is 23.2 Å². The summed E-state index contributed by atoms with van der Waals surface area (Å²) in [6, 6.07) is 36.1. The number of rotatable bonds is 5. The molecule has 0 aliphatic rings. The number of pyridine rings is 2. The Morgan fingerprint density at radius 2 is 0.912 bits per heavy atom. The first-order chi connectivity index (χ1) is 16.8. The average Bonchev–Trinajstić information content (AvgIpc) is 2.90. The highest BCUT2D eigenvalue weighted by Crippen LogP contribution is 2.33. The highest BCUT2D eigenvalue weighted by Gasteiger charge is 2.09. The lowest BCUT2D eigenvalue weighted by Crippen LogP contribution is -1.91. The molecule has 4 nitrogen and oxygen atoms in total. The molecule has 0 aliphatic carbocycles. The van der Waals surface area contributed by atoms with Gasteiger partial charge in [-0.15, -0.1) is 0 Å². The molecule has 0 saturated heterocycles. The van der Waals surface area contributed by atoms with Crippen molar-refractivity contribution < 1.29 is 9.47 Å². The maximum atomic E-state index is 6.18. The Morgan fingerprint density at radius 3 is 1.41 bits per heavy atom. The van der Waals surface area contributed by atoms with Crippen molar-refractivity contribution in [1.82, 2.24) is 9.97 Å². The van der Waals surface area contributed by atoms with Crippen LogP contribution in [0.1, 0.15) is 0 Å². The van der Waals surface area contributed by atoms with Crippen molar-refractivity contribution in [3.8, 4) is 34.4 Å². The number of hydrogen-bond donors (Lipinski definition) is 0. The minimum absolute atomic E-state index is 0.592. The van der Waals surface area contributed by atoms with Gasteiger partial charge in [-0.25, -0.2) is 9.97 Å². The number of ether oxygens (including phenoxy) is 2. The van der Waals surface area contributed by atoms with Crippen LogP contribution >= 0.6 is 0 Å². The Morgan fingerprint density at radius 1 is 0.441 bits per heavy atom. The van der Waals surface area contributed by atoms with Gasteiger partial charge in [-0.05, 0) is 70.4 Å². The van der Waals surface area contributed by atoms with Crippen molar-refractivity contribution in [2.45, 2.75) is 0 Å². The van der Waals surface area contributed by atoms with Crippen LogP contribution in [0.4, 0.5) is 0 Å². The smallest absolute Gasteiger partial charge is 0.227 e. The van der Waals surface area contributed by atoms with E-state index in [4.69, 9.17) is 9.47 Å². The van der Waals surface area contributed by atoms with Gasteiger partial charge in [0.15, 0.2) is 0 Å². The lowest BCUT2D eigenvalue weighted by atomic mass is 10.1. The van der Waals surface area contributed by atoms with Crippen LogP contribution < -0.4 is 9.47 Å². The van der Waals surface area contributed by atoms with Crippen LogP contribution in [0.25, 0.3) is 32.7 Å². The predicted octanol–water partition coefficient (Wildman–Crippen LogP) is 8.03. The van der Waals surface area contributed by atoms with Crippen LogP contribution in [0.2, 0.25) is 0 Å². The molecule has 0 radical (unpaired) electrons. The quantitative estimate of drug-likeness (QED) is 0.272. The molecule has 0 fully saturated rings. The fourth-order valence-electron chi connectivity index (χ4n) is 4.05. The van der Waals surface area contributed by atoms with Gasteiger partial charge in [0.2, 0.25) is 11.8 Å². The van der Waals surface area contributed by atoms with Gasteiger partial charge >= 0.3 is 0 Å². The Kier molecular flexibility index (Phi) is 5.09. The first kappa shape index (κ1) is 19.9. The number of benzene rings is 4. The van der Waals surface area contributed by atoms with Crippen LogP contribution in [-0.4, -0.2) is 9.97 Å². The number of nitrogens with zero attached hydrogens (tertiary/aromatic N) is 2. The predicted molar refractivity (Wildman–Crippen MR) is 136 cm³/mol. The van der Waals surface area contributed by atoms with E-state index >= 15 is 0 Å². The van der Waals surface area contributed by atoms with E-state index in [0.29, 0.717) is 11.8 Å². The maximum absolute atomic E-state index is 6.18. The van der Waals surface area contributed by atoms with Crippen LogP contribution in [0.3, 0.4) is 0 Å². The Labute approximate surface area is 197 Å². The number of hydrogen-bond acceptors (Lipinski definition) is 4. The second-order valence-corrected chi connectivity index (χ2v) is 7.93. The van der Waals surface area contributed by atoms with Crippen LogP contribution in [-0.2, 0) is 0 Å². The van der Waals surface area contributed by atoms with Crippen molar-refractivity contribution in [1.29, 1.82) is 0 Å². The SMILES string of the molecule is c1cc(Oc2nccc3ccccc23)cc(-c2cccc(Oc3nccc4ccccc34)c2)c1. The fraction of sp³-hybridized carbons (Fsp3) is 0. The Bertz CT molecular complexity index is 1490. The molecule has 0 aliphatic heterocycles. The van der Waals surface area contributed by atoms with Crippen LogP contribution in [0.15, 0.2) is 122 Å². The molecule has 2 aromatic heterocycles. The molecule has 0 atom stereocenters. The second-order valence-electron chi connectivity index (χ2n) is 7.93. The zero-order chi connectivity index (χ0) is 22.7. The standard InChI is InChI=1S/C30H20N2O2/c1-3-13-27-21(7-1)15-17-31-29(27)33-25-11-5-9-23(19-25)24-10-6-12-26(20-24)34-30-28-14-4-2-8-22(28)16-18-32-30/h1-20H. The van der Waals surface area contributed by atoms with Crippen molar-refractivity contribution in [2.75, 3.05) is 0 Å². The van der Waals surface area contributed by atoms with Gasteiger partial charge in [-0.3, -0.25) is 0 Å². The molecule has 0 saturated carbocycles. The van der Waals surface area contributed by atoms with E-state index in [1.54, 1.807) is 12.4 Å². The van der Waals surface area contributed by atoms with Gasteiger partial charge in [0.25, 0.3) is 0 Å². The fourth-order valence-corrected chi connectivity index (χ4v) is 4.05. The summed E-state index contributed by atoms with van der Waals surface area (Å²) in [6.45, 7) is 0. The normalized spacial score (nSPS) is 10.9. The summed E-state index contributed by atoms with van der Waals surface area (Å²) in [5, 5.41) is 4.15. The molecule has 34 heavy (non-hydrogen) atoms. The average molecular weight is 441 g/mol. The molecule has 162 valence electrons. The number of aromatic nitrogens is 2. The molecule has 6 rings (SSSR count). The molecule has 0 spiro atoms. The molecule has 0 bridgehead atoms. The summed E-state index contributed by atoms with van der Waals surface area (Å²) in [4.78, 5) is 8.88. The molecule has 2 heterocycles. The van der Waals surface area contributed by atoms with E-state index in [9.17, 15) is 0 Å². The topological polar surface area (TPSA) is 44.2 Å². The minimum Gasteiger partial charge on any atom is -0.438 e. The lowest BCUT2D eigenvalue weighted by molar-refractivity contribution is 0.468. The van der Waals surface area contributed by atoms with Crippen LogP contribution in [0.5, 0.6) is 23.3 Å². The summed E-state index contributed by atoms with van der Waals surface area (Å²) in [5.41, 5.74) is 2.04. The van der Waals surface area contributed by atoms with Gasteiger partial charge in [0.1, 0.15) is 11.5 Å². The van der Waals surface area contributed by atoms with E-state index in [1.165, 1.54) is 0 Å².